The third-order valence-electron chi connectivity index (χ3n) is 4.90. The van der Waals surface area contributed by atoms with Gasteiger partial charge in [0.1, 0.15) is 0 Å². The largest absolute Gasteiger partial charge is 0.435 e. The van der Waals surface area contributed by atoms with Crippen molar-refractivity contribution in [2.75, 3.05) is 0 Å². The standard InChI is InChI=1S/C20H40O3/c1-11-13-16(22-15(3)4)23-17(21)20(10,14-18(5,6)7)19(8,9)12-2/h15-16H,11-14H2,1-10H3. The summed E-state index contributed by atoms with van der Waals surface area (Å²) < 4.78 is 11.6. The van der Waals surface area contributed by atoms with Crippen LogP contribution in [-0.2, 0) is 14.3 Å². The third-order valence-corrected chi connectivity index (χ3v) is 4.90. The van der Waals surface area contributed by atoms with Crippen molar-refractivity contribution in [2.24, 2.45) is 16.2 Å². The second kappa shape index (κ2) is 8.50. The molecular formula is C20H40O3. The third kappa shape index (κ3) is 6.82. The molecule has 0 aliphatic heterocycles. The minimum atomic E-state index is -0.535. The zero-order chi connectivity index (χ0) is 18.5. The van der Waals surface area contributed by atoms with Crippen LogP contribution in [0.25, 0.3) is 0 Å². The lowest BCUT2D eigenvalue weighted by atomic mass is 9.59. The van der Waals surface area contributed by atoms with Gasteiger partial charge in [-0.3, -0.25) is 4.79 Å². The average Bonchev–Trinajstić information content (AvgIpc) is 2.35. The molecule has 0 amide bonds. The van der Waals surface area contributed by atoms with Crippen LogP contribution in [0.1, 0.15) is 94.9 Å². The summed E-state index contributed by atoms with van der Waals surface area (Å²) in [5, 5.41) is 0. The van der Waals surface area contributed by atoms with Crippen LogP contribution in [0.2, 0.25) is 0 Å². The van der Waals surface area contributed by atoms with Crippen LogP contribution >= 0.6 is 0 Å². The SMILES string of the molecule is CCCC(OC(=O)C(C)(CC(C)(C)C)C(C)(C)CC)OC(C)C. The van der Waals surface area contributed by atoms with Crippen molar-refractivity contribution >= 4 is 5.97 Å². The highest BCUT2D eigenvalue weighted by Gasteiger charge is 2.49. The van der Waals surface area contributed by atoms with Gasteiger partial charge in [-0.05, 0) is 44.4 Å². The minimum absolute atomic E-state index is 0.0485. The van der Waals surface area contributed by atoms with Crippen LogP contribution in [-0.4, -0.2) is 18.4 Å². The molecule has 23 heavy (non-hydrogen) atoms. The van der Waals surface area contributed by atoms with Crippen LogP contribution in [0.3, 0.4) is 0 Å². The highest BCUT2D eigenvalue weighted by Crippen LogP contribution is 2.49. The number of hydrogen-bond donors (Lipinski definition) is 0. The van der Waals surface area contributed by atoms with E-state index in [9.17, 15) is 4.79 Å². The number of rotatable bonds is 9. The Hall–Kier alpha value is -0.570. The van der Waals surface area contributed by atoms with E-state index < -0.39 is 11.7 Å². The second-order valence-corrected chi connectivity index (χ2v) is 9.12. The van der Waals surface area contributed by atoms with Gasteiger partial charge in [-0.15, -0.1) is 0 Å². The molecule has 2 unspecified atom stereocenters. The molecule has 0 aromatic carbocycles. The molecule has 0 saturated heterocycles. The van der Waals surface area contributed by atoms with E-state index in [1.165, 1.54) is 0 Å². The monoisotopic (exact) mass is 328 g/mol. The Morgan fingerprint density at radius 2 is 1.52 bits per heavy atom. The molecule has 0 N–H and O–H groups in total. The van der Waals surface area contributed by atoms with Crippen molar-refractivity contribution in [3.63, 3.8) is 0 Å². The van der Waals surface area contributed by atoms with E-state index >= 15 is 0 Å². The first kappa shape index (κ1) is 22.4. The summed E-state index contributed by atoms with van der Waals surface area (Å²) >= 11 is 0. The summed E-state index contributed by atoms with van der Waals surface area (Å²) in [4.78, 5) is 13.1. The van der Waals surface area contributed by atoms with Gasteiger partial charge in [0.15, 0.2) is 0 Å². The van der Waals surface area contributed by atoms with Gasteiger partial charge in [-0.2, -0.15) is 0 Å². The predicted octanol–water partition coefficient (Wildman–Crippen LogP) is 5.96. The molecule has 3 nitrogen and oxygen atoms in total. The highest BCUT2D eigenvalue weighted by molar-refractivity contribution is 5.77. The smallest absolute Gasteiger partial charge is 0.314 e. The summed E-state index contributed by atoms with van der Waals surface area (Å²) in [6, 6.07) is 0. The molecule has 0 aliphatic carbocycles. The topological polar surface area (TPSA) is 35.5 Å². The van der Waals surface area contributed by atoms with E-state index in [1.807, 2.05) is 13.8 Å². The van der Waals surface area contributed by atoms with E-state index in [0.29, 0.717) is 0 Å². The molecule has 0 aromatic rings. The maximum atomic E-state index is 13.1. The Morgan fingerprint density at radius 3 is 1.87 bits per heavy atom. The number of ether oxygens (including phenoxy) is 2. The van der Waals surface area contributed by atoms with Crippen molar-refractivity contribution in [1.29, 1.82) is 0 Å². The maximum absolute atomic E-state index is 13.1. The molecule has 2 atom stereocenters. The van der Waals surface area contributed by atoms with Gasteiger partial charge in [0.05, 0.1) is 11.5 Å². The first-order chi connectivity index (χ1) is 10.3. The van der Waals surface area contributed by atoms with Crippen LogP contribution in [0, 0.1) is 16.2 Å². The molecular weight excluding hydrogens is 288 g/mol. The van der Waals surface area contributed by atoms with Crippen molar-refractivity contribution < 1.29 is 14.3 Å². The quantitative estimate of drug-likeness (QED) is 0.387. The van der Waals surface area contributed by atoms with Gasteiger partial charge in [0.25, 0.3) is 0 Å². The fraction of sp³-hybridized carbons (Fsp3) is 0.950. The number of carbonyl (C=O) groups is 1. The van der Waals surface area contributed by atoms with Gasteiger partial charge in [0, 0.05) is 6.42 Å². The lowest BCUT2D eigenvalue weighted by Crippen LogP contribution is -2.47. The minimum Gasteiger partial charge on any atom is -0.435 e. The van der Waals surface area contributed by atoms with E-state index in [1.54, 1.807) is 0 Å². The van der Waals surface area contributed by atoms with E-state index in [4.69, 9.17) is 9.47 Å². The number of esters is 1. The van der Waals surface area contributed by atoms with Crippen LogP contribution in [0.5, 0.6) is 0 Å². The molecule has 0 aliphatic rings. The van der Waals surface area contributed by atoms with E-state index in [-0.39, 0.29) is 22.9 Å². The summed E-state index contributed by atoms with van der Waals surface area (Å²) in [6.07, 6.45) is 2.99. The van der Waals surface area contributed by atoms with Crippen LogP contribution in [0.4, 0.5) is 0 Å². The first-order valence-electron chi connectivity index (χ1n) is 9.15. The Kier molecular flexibility index (Phi) is 8.29. The molecule has 0 aromatic heterocycles. The van der Waals surface area contributed by atoms with Crippen molar-refractivity contribution in [2.45, 2.75) is 107 Å². The van der Waals surface area contributed by atoms with Crippen LogP contribution in [0.15, 0.2) is 0 Å². The molecule has 0 rings (SSSR count). The predicted molar refractivity (Wildman–Crippen MR) is 97.3 cm³/mol. The molecule has 0 radical (unpaired) electrons. The first-order valence-corrected chi connectivity index (χ1v) is 9.15. The van der Waals surface area contributed by atoms with E-state index in [0.717, 1.165) is 25.7 Å². The van der Waals surface area contributed by atoms with Gasteiger partial charge >= 0.3 is 5.97 Å². The summed E-state index contributed by atoms with van der Waals surface area (Å²) in [7, 11) is 0. The normalized spacial score (nSPS) is 17.0. The molecule has 138 valence electrons. The maximum Gasteiger partial charge on any atom is 0.314 e. The zero-order valence-electron chi connectivity index (χ0n) is 17.2. The fourth-order valence-electron chi connectivity index (χ4n) is 2.98. The molecule has 0 saturated carbocycles. The summed E-state index contributed by atoms with van der Waals surface area (Å²) in [5.74, 6) is -0.127. The Morgan fingerprint density at radius 1 is 1.00 bits per heavy atom. The van der Waals surface area contributed by atoms with Crippen LogP contribution < -0.4 is 0 Å². The number of hydrogen-bond acceptors (Lipinski definition) is 3. The lowest BCUT2D eigenvalue weighted by molar-refractivity contribution is -0.206. The second-order valence-electron chi connectivity index (χ2n) is 9.12. The Balaban J connectivity index is 5.42. The molecule has 0 spiro atoms. The zero-order valence-corrected chi connectivity index (χ0v) is 17.2. The van der Waals surface area contributed by atoms with Crippen molar-refractivity contribution in [1.82, 2.24) is 0 Å². The molecule has 0 fully saturated rings. The van der Waals surface area contributed by atoms with Gasteiger partial charge < -0.3 is 9.47 Å². The molecule has 0 heterocycles. The molecule has 3 heteroatoms. The van der Waals surface area contributed by atoms with E-state index in [2.05, 4.69) is 55.4 Å². The molecule has 0 bridgehead atoms. The van der Waals surface area contributed by atoms with Gasteiger partial charge in [0.2, 0.25) is 6.29 Å². The van der Waals surface area contributed by atoms with Gasteiger partial charge in [-0.1, -0.05) is 54.9 Å². The summed E-state index contributed by atoms with van der Waals surface area (Å²) in [5.41, 5.74) is -0.613. The van der Waals surface area contributed by atoms with Crippen molar-refractivity contribution in [3.05, 3.63) is 0 Å². The number of carbonyl (C=O) groups excluding carboxylic acids is 1. The average molecular weight is 329 g/mol. The van der Waals surface area contributed by atoms with Crippen molar-refractivity contribution in [3.8, 4) is 0 Å². The Labute approximate surface area is 144 Å². The lowest BCUT2D eigenvalue weighted by Gasteiger charge is -2.45. The highest BCUT2D eigenvalue weighted by atomic mass is 16.7. The van der Waals surface area contributed by atoms with Gasteiger partial charge in [-0.25, -0.2) is 0 Å². The fourth-order valence-corrected chi connectivity index (χ4v) is 2.98. The summed E-state index contributed by atoms with van der Waals surface area (Å²) in [6.45, 7) is 21.1. The Bertz CT molecular complexity index is 366.